The van der Waals surface area contributed by atoms with Gasteiger partial charge in [0.1, 0.15) is 5.82 Å². The Morgan fingerprint density at radius 2 is 1.65 bits per heavy atom. The molecule has 0 spiro atoms. The number of sulfonamides is 1. The van der Waals surface area contributed by atoms with Gasteiger partial charge in [0.2, 0.25) is 15.9 Å². The highest BCUT2D eigenvalue weighted by Crippen LogP contribution is 2.25. The predicted molar refractivity (Wildman–Crippen MR) is 120 cm³/mol. The molecule has 0 aliphatic heterocycles. The van der Waals surface area contributed by atoms with Crippen molar-refractivity contribution in [2.24, 2.45) is 0 Å². The first-order valence-electron chi connectivity index (χ1n) is 9.22. The molecule has 3 aromatic carbocycles. The molecule has 3 aromatic rings. The number of hydrogen-bond acceptors (Lipinski definition) is 3. The topological polar surface area (TPSA) is 66.5 Å². The zero-order valence-corrected chi connectivity index (χ0v) is 18.8. The van der Waals surface area contributed by atoms with Gasteiger partial charge in [-0.3, -0.25) is 4.79 Å². The van der Waals surface area contributed by atoms with Crippen LogP contribution in [0.5, 0.6) is 0 Å². The minimum absolute atomic E-state index is 0.0233. The van der Waals surface area contributed by atoms with E-state index in [2.05, 4.69) is 5.32 Å². The number of nitrogens with one attached hydrogen (secondary N) is 1. The maximum atomic E-state index is 14.4. The molecule has 0 saturated carbocycles. The molecule has 0 atom stereocenters. The molecular weight excluding hydrogens is 462 g/mol. The number of anilines is 1. The molecule has 5 nitrogen and oxygen atoms in total. The van der Waals surface area contributed by atoms with Crippen LogP contribution in [0.3, 0.4) is 0 Å². The van der Waals surface area contributed by atoms with Gasteiger partial charge in [0.05, 0.1) is 11.4 Å². The van der Waals surface area contributed by atoms with Gasteiger partial charge >= 0.3 is 0 Å². The van der Waals surface area contributed by atoms with Crippen molar-refractivity contribution in [3.63, 3.8) is 0 Å². The fourth-order valence-corrected chi connectivity index (χ4v) is 4.55. The SMILES string of the molecule is Cc1ccc(NC(=O)CN(Cc2c(F)cccc2Cl)S(=O)(=O)c2ccc(Cl)cc2)cc1. The van der Waals surface area contributed by atoms with Gasteiger partial charge in [-0.05, 0) is 55.5 Å². The van der Waals surface area contributed by atoms with Gasteiger partial charge < -0.3 is 5.32 Å². The fraction of sp³-hybridized carbons (Fsp3) is 0.136. The van der Waals surface area contributed by atoms with Crippen molar-refractivity contribution in [3.05, 3.63) is 93.7 Å². The number of rotatable bonds is 7. The summed E-state index contributed by atoms with van der Waals surface area (Å²) in [5.74, 6) is -1.24. The summed E-state index contributed by atoms with van der Waals surface area (Å²) in [4.78, 5) is 12.6. The second-order valence-electron chi connectivity index (χ2n) is 6.84. The Bertz CT molecular complexity index is 1160. The van der Waals surface area contributed by atoms with E-state index in [0.717, 1.165) is 9.87 Å². The van der Waals surface area contributed by atoms with Crippen molar-refractivity contribution >= 4 is 44.8 Å². The highest BCUT2D eigenvalue weighted by atomic mass is 35.5. The van der Waals surface area contributed by atoms with Crippen molar-refractivity contribution < 1.29 is 17.6 Å². The molecule has 0 radical (unpaired) electrons. The molecule has 1 N–H and O–H groups in total. The molecule has 0 fully saturated rings. The third-order valence-electron chi connectivity index (χ3n) is 4.50. The van der Waals surface area contributed by atoms with Gasteiger partial charge in [0, 0.05) is 27.8 Å². The second-order valence-corrected chi connectivity index (χ2v) is 9.62. The zero-order valence-electron chi connectivity index (χ0n) is 16.5. The molecule has 0 aromatic heterocycles. The van der Waals surface area contributed by atoms with Crippen LogP contribution < -0.4 is 5.32 Å². The summed E-state index contributed by atoms with van der Waals surface area (Å²) in [6, 6.07) is 16.6. The molecule has 1 amide bonds. The van der Waals surface area contributed by atoms with Crippen LogP contribution in [-0.4, -0.2) is 25.2 Å². The number of carbonyl (C=O) groups excluding carboxylic acids is 1. The van der Waals surface area contributed by atoms with Crippen LogP contribution in [0.1, 0.15) is 11.1 Å². The first-order valence-corrected chi connectivity index (χ1v) is 11.4. The van der Waals surface area contributed by atoms with Crippen LogP contribution in [0.4, 0.5) is 10.1 Å². The largest absolute Gasteiger partial charge is 0.325 e. The molecule has 0 saturated heterocycles. The predicted octanol–water partition coefficient (Wildman–Crippen LogP) is 5.27. The molecule has 0 aliphatic carbocycles. The lowest BCUT2D eigenvalue weighted by Gasteiger charge is -2.23. The van der Waals surface area contributed by atoms with Gasteiger partial charge in [0.15, 0.2) is 0 Å². The van der Waals surface area contributed by atoms with E-state index in [1.54, 1.807) is 12.1 Å². The average Bonchev–Trinajstić information content (AvgIpc) is 2.72. The van der Waals surface area contributed by atoms with E-state index in [9.17, 15) is 17.6 Å². The van der Waals surface area contributed by atoms with E-state index in [4.69, 9.17) is 23.2 Å². The van der Waals surface area contributed by atoms with E-state index in [1.165, 1.54) is 42.5 Å². The van der Waals surface area contributed by atoms with Crippen LogP contribution in [0.2, 0.25) is 10.0 Å². The van der Waals surface area contributed by atoms with E-state index >= 15 is 0 Å². The summed E-state index contributed by atoms with van der Waals surface area (Å²) in [6.07, 6.45) is 0. The molecular formula is C22H19Cl2FN2O3S. The van der Waals surface area contributed by atoms with Gasteiger partial charge in [-0.2, -0.15) is 4.31 Å². The molecule has 0 bridgehead atoms. The Kier molecular flexibility index (Phi) is 7.33. The van der Waals surface area contributed by atoms with Crippen molar-refractivity contribution in [1.29, 1.82) is 0 Å². The van der Waals surface area contributed by atoms with Crippen molar-refractivity contribution in [1.82, 2.24) is 4.31 Å². The maximum Gasteiger partial charge on any atom is 0.243 e. The smallest absolute Gasteiger partial charge is 0.243 e. The van der Waals surface area contributed by atoms with Crippen molar-refractivity contribution in [2.45, 2.75) is 18.4 Å². The quantitative estimate of drug-likeness (QED) is 0.500. The lowest BCUT2D eigenvalue weighted by atomic mass is 10.2. The summed E-state index contributed by atoms with van der Waals surface area (Å²) < 4.78 is 41.7. The van der Waals surface area contributed by atoms with Crippen LogP contribution >= 0.6 is 23.2 Å². The molecule has 162 valence electrons. The Morgan fingerprint density at radius 3 is 2.26 bits per heavy atom. The standard InChI is InChI=1S/C22H19Cl2FN2O3S/c1-15-5-9-17(10-6-15)26-22(28)14-27(13-19-20(24)3-2-4-21(19)25)31(29,30)18-11-7-16(23)8-12-18/h2-12H,13-14H2,1H3,(H,26,28). The fourth-order valence-electron chi connectivity index (χ4n) is 2.84. The third-order valence-corrected chi connectivity index (χ3v) is 6.91. The molecule has 31 heavy (non-hydrogen) atoms. The Labute approximate surface area is 190 Å². The van der Waals surface area contributed by atoms with E-state index in [1.807, 2.05) is 19.1 Å². The normalized spacial score (nSPS) is 11.5. The van der Waals surface area contributed by atoms with Crippen LogP contribution in [-0.2, 0) is 21.4 Å². The van der Waals surface area contributed by atoms with Crippen LogP contribution in [0.25, 0.3) is 0 Å². The number of nitrogens with zero attached hydrogens (tertiary/aromatic N) is 1. The average molecular weight is 481 g/mol. The third kappa shape index (κ3) is 5.83. The molecule has 3 rings (SSSR count). The lowest BCUT2D eigenvalue weighted by molar-refractivity contribution is -0.116. The monoisotopic (exact) mass is 480 g/mol. The number of hydrogen-bond donors (Lipinski definition) is 1. The first-order chi connectivity index (χ1) is 14.7. The van der Waals surface area contributed by atoms with Crippen molar-refractivity contribution in [2.75, 3.05) is 11.9 Å². The molecule has 0 aliphatic rings. The Hall–Kier alpha value is -2.45. The maximum absolute atomic E-state index is 14.4. The highest BCUT2D eigenvalue weighted by Gasteiger charge is 2.28. The molecule has 9 heteroatoms. The summed E-state index contributed by atoms with van der Waals surface area (Å²) in [6.45, 7) is 0.950. The van der Waals surface area contributed by atoms with E-state index in [-0.39, 0.29) is 15.5 Å². The number of benzene rings is 3. The first kappa shape index (κ1) is 23.2. The highest BCUT2D eigenvalue weighted by molar-refractivity contribution is 7.89. The van der Waals surface area contributed by atoms with Crippen LogP contribution in [0.15, 0.2) is 71.6 Å². The minimum Gasteiger partial charge on any atom is -0.325 e. The van der Waals surface area contributed by atoms with Crippen molar-refractivity contribution in [3.8, 4) is 0 Å². The summed E-state index contributed by atoms with van der Waals surface area (Å²) in [5.41, 5.74) is 1.51. The molecule has 0 unspecified atom stereocenters. The van der Waals surface area contributed by atoms with Gasteiger partial charge in [-0.1, -0.05) is 47.0 Å². The van der Waals surface area contributed by atoms with E-state index < -0.39 is 34.8 Å². The van der Waals surface area contributed by atoms with Gasteiger partial charge in [-0.25, -0.2) is 12.8 Å². The molecule has 0 heterocycles. The second kappa shape index (κ2) is 9.78. The number of aryl methyl sites for hydroxylation is 1. The summed E-state index contributed by atoms with van der Waals surface area (Å²) in [7, 11) is -4.16. The number of carbonyl (C=O) groups is 1. The summed E-state index contributed by atoms with van der Waals surface area (Å²) >= 11 is 12.0. The minimum atomic E-state index is -4.16. The number of halogens is 3. The lowest BCUT2D eigenvalue weighted by Crippen LogP contribution is -2.37. The van der Waals surface area contributed by atoms with E-state index in [0.29, 0.717) is 10.7 Å². The zero-order chi connectivity index (χ0) is 22.6. The Morgan fingerprint density at radius 1 is 1.00 bits per heavy atom. The summed E-state index contributed by atoms with van der Waals surface area (Å²) in [5, 5.41) is 3.08. The number of amides is 1. The van der Waals surface area contributed by atoms with Crippen LogP contribution in [0, 0.1) is 12.7 Å². The van der Waals surface area contributed by atoms with Gasteiger partial charge in [0.25, 0.3) is 0 Å². The Balaban J connectivity index is 1.92. The van der Waals surface area contributed by atoms with Gasteiger partial charge in [-0.15, -0.1) is 0 Å².